The van der Waals surface area contributed by atoms with E-state index in [9.17, 15) is 14.7 Å². The third kappa shape index (κ3) is 37.6. The molecule has 374 valence electrons. The quantitative estimate of drug-likeness (QED) is 0.0481. The molecule has 0 radical (unpaired) electrons. The maximum absolute atomic E-state index is 12.8. The number of nitrogens with zero attached hydrogens (tertiary/aromatic N) is 2. The van der Waals surface area contributed by atoms with E-state index in [0.29, 0.717) is 50.5 Å². The number of rotatable bonds is 50. The SMILES string of the molecule is CCCCCCCCC(CCCCCCCC)COC(=O)CCCCCN(CCO)CCN(CCCCCC(=O)OCC(CCCCCCCC)CCCCCCCC)C1CCC1. The fraction of sp³-hybridized carbons (Fsp3) is 0.964. The average Bonchev–Trinajstić information content (AvgIpc) is 3.26. The number of aliphatic hydroxyl groups excluding tert-OH is 1. The second-order valence-electron chi connectivity index (χ2n) is 20.1. The molecular weight excluding hydrogens is 781 g/mol. The van der Waals surface area contributed by atoms with Crippen molar-refractivity contribution in [1.82, 2.24) is 9.80 Å². The van der Waals surface area contributed by atoms with Crippen molar-refractivity contribution in [3.63, 3.8) is 0 Å². The van der Waals surface area contributed by atoms with Crippen LogP contribution in [0.5, 0.6) is 0 Å². The summed E-state index contributed by atoms with van der Waals surface area (Å²) in [4.78, 5) is 30.7. The van der Waals surface area contributed by atoms with Gasteiger partial charge in [-0.2, -0.15) is 0 Å². The maximum Gasteiger partial charge on any atom is 0.305 e. The number of carbonyl (C=O) groups excluding carboxylic acids is 2. The van der Waals surface area contributed by atoms with Crippen LogP contribution >= 0.6 is 0 Å². The van der Waals surface area contributed by atoms with Gasteiger partial charge in [0.05, 0.1) is 19.8 Å². The predicted molar refractivity (Wildman–Crippen MR) is 271 cm³/mol. The number of carbonyl (C=O) groups is 2. The van der Waals surface area contributed by atoms with Gasteiger partial charge in [0, 0.05) is 38.5 Å². The Balaban J connectivity index is 2.37. The van der Waals surface area contributed by atoms with E-state index < -0.39 is 0 Å². The van der Waals surface area contributed by atoms with Gasteiger partial charge in [0.25, 0.3) is 0 Å². The Hall–Kier alpha value is -1.18. The zero-order valence-corrected chi connectivity index (χ0v) is 42.9. The van der Waals surface area contributed by atoms with Crippen molar-refractivity contribution in [2.45, 2.75) is 284 Å². The summed E-state index contributed by atoms with van der Waals surface area (Å²) in [5.74, 6) is 1.03. The van der Waals surface area contributed by atoms with Gasteiger partial charge in [0.1, 0.15) is 0 Å². The minimum absolute atomic E-state index is 0.00419. The molecule has 0 unspecified atom stereocenters. The van der Waals surface area contributed by atoms with Gasteiger partial charge in [-0.1, -0.05) is 201 Å². The lowest BCUT2D eigenvalue weighted by Gasteiger charge is -2.39. The first-order valence-electron chi connectivity index (χ1n) is 28.4. The topological polar surface area (TPSA) is 79.3 Å². The Morgan fingerprint density at radius 2 is 0.810 bits per heavy atom. The summed E-state index contributed by atoms with van der Waals surface area (Å²) in [5.41, 5.74) is 0. The molecule has 63 heavy (non-hydrogen) atoms. The lowest BCUT2D eigenvalue weighted by Crippen LogP contribution is -2.45. The highest BCUT2D eigenvalue weighted by Crippen LogP contribution is 2.26. The van der Waals surface area contributed by atoms with E-state index in [1.54, 1.807) is 0 Å². The number of aliphatic hydroxyl groups is 1. The van der Waals surface area contributed by atoms with Crippen LogP contribution in [0, 0.1) is 11.8 Å². The van der Waals surface area contributed by atoms with Crippen molar-refractivity contribution >= 4 is 11.9 Å². The van der Waals surface area contributed by atoms with Crippen LogP contribution in [0.3, 0.4) is 0 Å². The van der Waals surface area contributed by atoms with Gasteiger partial charge in [-0.15, -0.1) is 0 Å². The minimum atomic E-state index is -0.0163. The van der Waals surface area contributed by atoms with Gasteiger partial charge in [-0.05, 0) is 89.1 Å². The average molecular weight is 892 g/mol. The maximum atomic E-state index is 12.8. The second-order valence-corrected chi connectivity index (χ2v) is 20.1. The van der Waals surface area contributed by atoms with Gasteiger partial charge in [0.15, 0.2) is 0 Å². The van der Waals surface area contributed by atoms with E-state index >= 15 is 0 Å². The fourth-order valence-electron chi connectivity index (χ4n) is 9.56. The zero-order chi connectivity index (χ0) is 45.7. The first-order valence-corrected chi connectivity index (χ1v) is 28.4. The summed E-state index contributed by atoms with van der Waals surface area (Å²) in [6.45, 7) is 15.3. The van der Waals surface area contributed by atoms with E-state index in [-0.39, 0.29) is 18.5 Å². The third-order valence-corrected chi connectivity index (χ3v) is 14.2. The molecule has 1 N–H and O–H groups in total. The van der Waals surface area contributed by atoms with Crippen LogP contribution in [0.2, 0.25) is 0 Å². The molecule has 0 amide bonds. The molecule has 0 atom stereocenters. The highest BCUT2D eigenvalue weighted by molar-refractivity contribution is 5.69. The van der Waals surface area contributed by atoms with Crippen molar-refractivity contribution < 1.29 is 24.2 Å². The van der Waals surface area contributed by atoms with E-state index in [1.807, 2.05) is 0 Å². The van der Waals surface area contributed by atoms with Gasteiger partial charge in [-0.3, -0.25) is 19.4 Å². The number of esters is 2. The molecule has 0 aromatic rings. The van der Waals surface area contributed by atoms with Crippen molar-refractivity contribution in [3.05, 3.63) is 0 Å². The Labute approximate surface area is 393 Å². The molecule has 0 saturated heterocycles. The van der Waals surface area contributed by atoms with Crippen LogP contribution in [0.15, 0.2) is 0 Å². The highest BCUT2D eigenvalue weighted by Gasteiger charge is 2.25. The Morgan fingerprint density at radius 3 is 1.17 bits per heavy atom. The van der Waals surface area contributed by atoms with Crippen molar-refractivity contribution in [2.75, 3.05) is 52.5 Å². The van der Waals surface area contributed by atoms with E-state index in [2.05, 4.69) is 37.5 Å². The van der Waals surface area contributed by atoms with Crippen molar-refractivity contribution in [3.8, 4) is 0 Å². The molecule has 1 saturated carbocycles. The van der Waals surface area contributed by atoms with Crippen LogP contribution in [-0.2, 0) is 19.1 Å². The summed E-state index contributed by atoms with van der Waals surface area (Å²) < 4.78 is 11.8. The molecule has 1 rings (SSSR count). The molecule has 1 aliphatic rings. The van der Waals surface area contributed by atoms with Gasteiger partial charge >= 0.3 is 11.9 Å². The number of unbranched alkanes of at least 4 members (excludes halogenated alkanes) is 24. The molecule has 7 heteroatoms. The molecule has 0 aromatic carbocycles. The molecular formula is C56H110N2O5. The minimum Gasteiger partial charge on any atom is -0.465 e. The molecule has 0 aromatic heterocycles. The highest BCUT2D eigenvalue weighted by atomic mass is 16.5. The van der Waals surface area contributed by atoms with Gasteiger partial charge in [-0.25, -0.2) is 0 Å². The largest absolute Gasteiger partial charge is 0.465 e. The standard InChI is InChI=1S/C56H110N2O5/c1-5-9-13-17-21-27-36-52(37-28-22-18-14-10-6-2)50-62-55(60)42-31-25-33-44-57(48-49-59)46-47-58(54-40-35-41-54)45-34-26-32-43-56(61)63-51-53(38-29-23-19-15-11-7-3)39-30-24-20-16-12-8-4/h52-54,59H,5-51H2,1-4H3. The molecule has 0 bridgehead atoms. The van der Waals surface area contributed by atoms with Crippen LogP contribution in [0.25, 0.3) is 0 Å². The first-order chi connectivity index (χ1) is 31.0. The Kier molecular flexibility index (Phi) is 43.6. The summed E-state index contributed by atoms with van der Waals surface area (Å²) in [6.07, 6.45) is 47.5. The van der Waals surface area contributed by atoms with E-state index in [0.717, 1.165) is 64.7 Å². The monoisotopic (exact) mass is 891 g/mol. The molecule has 0 spiro atoms. The first kappa shape index (κ1) is 59.8. The normalized spacial score (nSPS) is 13.2. The summed E-state index contributed by atoms with van der Waals surface area (Å²) in [6, 6.07) is 0.684. The van der Waals surface area contributed by atoms with Gasteiger partial charge < -0.3 is 14.6 Å². The third-order valence-electron chi connectivity index (χ3n) is 14.2. The second kappa shape index (κ2) is 46.0. The molecule has 1 fully saturated rings. The van der Waals surface area contributed by atoms with Crippen LogP contribution in [0.4, 0.5) is 0 Å². The number of hydrogen-bond donors (Lipinski definition) is 1. The van der Waals surface area contributed by atoms with E-state index in [4.69, 9.17) is 9.47 Å². The summed E-state index contributed by atoms with van der Waals surface area (Å²) >= 11 is 0. The lowest BCUT2D eigenvalue weighted by molar-refractivity contribution is -0.146. The van der Waals surface area contributed by atoms with Crippen LogP contribution in [-0.4, -0.2) is 85.4 Å². The zero-order valence-electron chi connectivity index (χ0n) is 42.9. The predicted octanol–water partition coefficient (Wildman–Crippen LogP) is 15.6. The van der Waals surface area contributed by atoms with E-state index in [1.165, 1.54) is 199 Å². The lowest BCUT2D eigenvalue weighted by atomic mass is 9.91. The Morgan fingerprint density at radius 1 is 0.444 bits per heavy atom. The summed E-state index contributed by atoms with van der Waals surface area (Å²) in [5, 5.41) is 9.86. The number of ether oxygens (including phenoxy) is 2. The Bertz CT molecular complexity index is 943. The van der Waals surface area contributed by atoms with Crippen LogP contribution in [0.1, 0.15) is 278 Å². The fourth-order valence-corrected chi connectivity index (χ4v) is 9.56. The smallest absolute Gasteiger partial charge is 0.305 e. The molecule has 0 heterocycles. The molecule has 7 nitrogen and oxygen atoms in total. The molecule has 1 aliphatic carbocycles. The number of hydrogen-bond acceptors (Lipinski definition) is 7. The van der Waals surface area contributed by atoms with Crippen molar-refractivity contribution in [2.24, 2.45) is 11.8 Å². The van der Waals surface area contributed by atoms with Gasteiger partial charge in [0.2, 0.25) is 0 Å². The van der Waals surface area contributed by atoms with Crippen molar-refractivity contribution in [1.29, 1.82) is 0 Å². The molecule has 0 aliphatic heterocycles. The van der Waals surface area contributed by atoms with Crippen LogP contribution < -0.4 is 0 Å². The summed E-state index contributed by atoms with van der Waals surface area (Å²) in [7, 11) is 0.